The van der Waals surface area contributed by atoms with E-state index in [2.05, 4.69) is 31.1 Å². The van der Waals surface area contributed by atoms with Crippen molar-refractivity contribution in [2.45, 2.75) is 46.1 Å². The highest BCUT2D eigenvalue weighted by atomic mass is 16.2. The lowest BCUT2D eigenvalue weighted by Gasteiger charge is -2.30. The lowest BCUT2D eigenvalue weighted by molar-refractivity contribution is 0.0691. The number of rotatable bonds is 4. The third-order valence-electron chi connectivity index (χ3n) is 4.08. The Morgan fingerprint density at radius 3 is 2.70 bits per heavy atom. The van der Waals surface area contributed by atoms with Gasteiger partial charge in [0.15, 0.2) is 0 Å². The molecule has 0 saturated carbocycles. The summed E-state index contributed by atoms with van der Waals surface area (Å²) < 4.78 is 0. The number of hydrogen-bond donors (Lipinski definition) is 1. The van der Waals surface area contributed by atoms with Crippen LogP contribution in [0.5, 0.6) is 0 Å². The van der Waals surface area contributed by atoms with Crippen LogP contribution in [0.25, 0.3) is 0 Å². The number of hydrogen-bond acceptors (Lipinski definition) is 3. The lowest BCUT2D eigenvalue weighted by Crippen LogP contribution is -2.38. The molecule has 2 heterocycles. The molecule has 1 atom stereocenters. The van der Waals surface area contributed by atoms with E-state index in [4.69, 9.17) is 0 Å². The summed E-state index contributed by atoms with van der Waals surface area (Å²) in [5.41, 5.74) is 1.53. The van der Waals surface area contributed by atoms with Gasteiger partial charge in [0, 0.05) is 19.1 Å². The van der Waals surface area contributed by atoms with E-state index in [1.165, 1.54) is 0 Å². The summed E-state index contributed by atoms with van der Waals surface area (Å²) in [5.74, 6) is 0.793. The van der Waals surface area contributed by atoms with Crippen molar-refractivity contribution in [2.24, 2.45) is 5.92 Å². The second-order valence-corrected chi connectivity index (χ2v) is 5.86. The average molecular weight is 275 g/mol. The number of carbonyl (C=O) groups excluding carboxylic acids is 1. The van der Waals surface area contributed by atoms with Crippen LogP contribution in [0.4, 0.5) is 5.69 Å². The average Bonchev–Trinajstić information content (AvgIpc) is 2.48. The number of nitrogens with one attached hydrogen (secondary N) is 1. The van der Waals surface area contributed by atoms with E-state index in [1.54, 1.807) is 6.20 Å². The molecule has 1 saturated heterocycles. The maximum absolute atomic E-state index is 12.3. The first kappa shape index (κ1) is 14.8. The molecule has 2 rings (SSSR count). The molecule has 1 unspecified atom stereocenters. The van der Waals surface area contributed by atoms with E-state index in [-0.39, 0.29) is 5.91 Å². The Hall–Kier alpha value is -1.58. The Morgan fingerprint density at radius 2 is 2.15 bits per heavy atom. The van der Waals surface area contributed by atoms with Gasteiger partial charge in [-0.2, -0.15) is 0 Å². The smallest absolute Gasteiger partial charge is 0.272 e. The van der Waals surface area contributed by atoms with Crippen LogP contribution in [0, 0.1) is 5.92 Å². The van der Waals surface area contributed by atoms with E-state index in [0.29, 0.717) is 11.7 Å². The number of nitrogens with zero attached hydrogens (tertiary/aromatic N) is 2. The Balaban J connectivity index is 1.97. The van der Waals surface area contributed by atoms with Crippen LogP contribution in [0.3, 0.4) is 0 Å². The van der Waals surface area contributed by atoms with Gasteiger partial charge < -0.3 is 10.2 Å². The highest BCUT2D eigenvalue weighted by Gasteiger charge is 2.22. The standard InChI is InChI=1S/C16H25N3O/c1-4-13(3)18-14-5-6-15(17-11-14)16(20)19-9-7-12(2)8-10-19/h5-6,11-13,18H,4,7-10H2,1-3H3. The molecule has 1 aromatic rings. The van der Waals surface area contributed by atoms with E-state index in [1.807, 2.05) is 17.0 Å². The van der Waals surface area contributed by atoms with E-state index in [0.717, 1.165) is 44.0 Å². The molecule has 4 nitrogen and oxygen atoms in total. The number of piperidine rings is 1. The molecule has 1 amide bonds. The zero-order valence-corrected chi connectivity index (χ0v) is 12.7. The summed E-state index contributed by atoms with van der Waals surface area (Å²) in [6.07, 6.45) is 5.01. The molecule has 0 aromatic carbocycles. The molecule has 4 heteroatoms. The number of aromatic nitrogens is 1. The largest absolute Gasteiger partial charge is 0.381 e. The Labute approximate surface area is 121 Å². The van der Waals surface area contributed by atoms with Crippen LogP contribution < -0.4 is 5.32 Å². The Morgan fingerprint density at radius 1 is 1.45 bits per heavy atom. The molecular weight excluding hydrogens is 250 g/mol. The van der Waals surface area contributed by atoms with Crippen molar-refractivity contribution >= 4 is 11.6 Å². The summed E-state index contributed by atoms with van der Waals surface area (Å²) in [6.45, 7) is 8.23. The molecule has 20 heavy (non-hydrogen) atoms. The Bertz CT molecular complexity index is 436. The SMILES string of the molecule is CCC(C)Nc1ccc(C(=O)N2CCC(C)CC2)nc1. The van der Waals surface area contributed by atoms with Gasteiger partial charge in [-0.05, 0) is 44.2 Å². The quantitative estimate of drug-likeness (QED) is 0.918. The predicted octanol–water partition coefficient (Wildman–Crippen LogP) is 3.16. The number of amides is 1. The molecule has 1 N–H and O–H groups in total. The van der Waals surface area contributed by atoms with E-state index < -0.39 is 0 Å². The fraction of sp³-hybridized carbons (Fsp3) is 0.625. The third kappa shape index (κ3) is 3.71. The van der Waals surface area contributed by atoms with Gasteiger partial charge in [0.05, 0.1) is 11.9 Å². The fourth-order valence-corrected chi connectivity index (χ4v) is 2.37. The first-order valence-electron chi connectivity index (χ1n) is 7.62. The molecular formula is C16H25N3O. The molecule has 110 valence electrons. The summed E-state index contributed by atoms with van der Waals surface area (Å²) in [6, 6.07) is 4.19. The van der Waals surface area contributed by atoms with Crippen molar-refractivity contribution in [1.82, 2.24) is 9.88 Å². The van der Waals surface area contributed by atoms with Gasteiger partial charge in [-0.3, -0.25) is 4.79 Å². The first-order valence-corrected chi connectivity index (χ1v) is 7.62. The van der Waals surface area contributed by atoms with Gasteiger partial charge in [-0.1, -0.05) is 13.8 Å². The van der Waals surface area contributed by atoms with Crippen LogP contribution in [0.2, 0.25) is 0 Å². The number of likely N-dealkylation sites (tertiary alicyclic amines) is 1. The maximum atomic E-state index is 12.3. The van der Waals surface area contributed by atoms with E-state index in [9.17, 15) is 4.79 Å². The normalized spacial score (nSPS) is 17.9. The van der Waals surface area contributed by atoms with Crippen molar-refractivity contribution in [3.63, 3.8) is 0 Å². The van der Waals surface area contributed by atoms with Crippen LogP contribution in [0.15, 0.2) is 18.3 Å². The summed E-state index contributed by atoms with van der Waals surface area (Å²) in [7, 11) is 0. The molecule has 0 spiro atoms. The van der Waals surface area contributed by atoms with Gasteiger partial charge in [-0.15, -0.1) is 0 Å². The molecule has 0 bridgehead atoms. The van der Waals surface area contributed by atoms with Gasteiger partial charge >= 0.3 is 0 Å². The number of pyridine rings is 1. The summed E-state index contributed by atoms with van der Waals surface area (Å²) in [5, 5.41) is 3.36. The van der Waals surface area contributed by atoms with Gasteiger partial charge in [0.2, 0.25) is 0 Å². The number of anilines is 1. The van der Waals surface area contributed by atoms with Gasteiger partial charge in [0.1, 0.15) is 5.69 Å². The van der Waals surface area contributed by atoms with Gasteiger partial charge in [0.25, 0.3) is 5.91 Å². The maximum Gasteiger partial charge on any atom is 0.272 e. The van der Waals surface area contributed by atoms with Crippen molar-refractivity contribution in [1.29, 1.82) is 0 Å². The van der Waals surface area contributed by atoms with Crippen LogP contribution in [-0.4, -0.2) is 34.9 Å². The fourth-order valence-electron chi connectivity index (χ4n) is 2.37. The van der Waals surface area contributed by atoms with Crippen LogP contribution in [0.1, 0.15) is 50.5 Å². The summed E-state index contributed by atoms with van der Waals surface area (Å²) >= 11 is 0. The van der Waals surface area contributed by atoms with Crippen molar-refractivity contribution in [3.8, 4) is 0 Å². The van der Waals surface area contributed by atoms with Gasteiger partial charge in [-0.25, -0.2) is 4.98 Å². The molecule has 0 radical (unpaired) electrons. The monoisotopic (exact) mass is 275 g/mol. The summed E-state index contributed by atoms with van der Waals surface area (Å²) in [4.78, 5) is 18.6. The number of carbonyl (C=O) groups is 1. The molecule has 0 aliphatic carbocycles. The van der Waals surface area contributed by atoms with Crippen molar-refractivity contribution < 1.29 is 4.79 Å². The lowest BCUT2D eigenvalue weighted by atomic mass is 9.99. The second-order valence-electron chi connectivity index (χ2n) is 5.86. The van der Waals surface area contributed by atoms with Crippen molar-refractivity contribution in [2.75, 3.05) is 18.4 Å². The van der Waals surface area contributed by atoms with E-state index >= 15 is 0 Å². The first-order chi connectivity index (χ1) is 9.60. The molecule has 1 aliphatic rings. The van der Waals surface area contributed by atoms with Crippen LogP contribution >= 0.6 is 0 Å². The topological polar surface area (TPSA) is 45.2 Å². The minimum absolute atomic E-state index is 0.0620. The molecule has 1 aliphatic heterocycles. The zero-order chi connectivity index (χ0) is 14.5. The Kier molecular flexibility index (Phi) is 4.99. The van der Waals surface area contributed by atoms with Crippen LogP contribution in [-0.2, 0) is 0 Å². The minimum Gasteiger partial charge on any atom is -0.381 e. The molecule has 1 aromatic heterocycles. The molecule has 1 fully saturated rings. The highest BCUT2D eigenvalue weighted by Crippen LogP contribution is 2.18. The third-order valence-corrected chi connectivity index (χ3v) is 4.08. The minimum atomic E-state index is 0.0620. The zero-order valence-electron chi connectivity index (χ0n) is 12.7. The second kappa shape index (κ2) is 6.73. The van der Waals surface area contributed by atoms with Crippen molar-refractivity contribution in [3.05, 3.63) is 24.0 Å². The highest BCUT2D eigenvalue weighted by molar-refractivity contribution is 5.92. The predicted molar refractivity (Wildman–Crippen MR) is 81.9 cm³/mol.